The Balaban J connectivity index is 1.66. The molecule has 0 bridgehead atoms. The highest BCUT2D eigenvalue weighted by molar-refractivity contribution is 5.96. The summed E-state index contributed by atoms with van der Waals surface area (Å²) in [7, 11) is 0. The van der Waals surface area contributed by atoms with Gasteiger partial charge in [-0.15, -0.1) is 0 Å². The number of aryl methyl sites for hydroxylation is 2. The summed E-state index contributed by atoms with van der Waals surface area (Å²) in [5.74, 6) is -0.148. The van der Waals surface area contributed by atoms with Crippen LogP contribution in [0.1, 0.15) is 40.3 Å². The van der Waals surface area contributed by atoms with Gasteiger partial charge >= 0.3 is 0 Å². The van der Waals surface area contributed by atoms with E-state index in [1.165, 1.54) is 0 Å². The summed E-state index contributed by atoms with van der Waals surface area (Å²) in [5.41, 5.74) is 4.04. The Bertz CT molecular complexity index is 1120. The number of amides is 1. The Morgan fingerprint density at radius 2 is 1.88 bits per heavy atom. The molecule has 1 amide bonds. The van der Waals surface area contributed by atoms with Gasteiger partial charge in [0.25, 0.3) is 5.91 Å². The molecular formula is C21H20N4O. The van der Waals surface area contributed by atoms with Gasteiger partial charge in [-0.25, -0.2) is 9.50 Å². The molecule has 4 aromatic rings. The molecule has 2 heterocycles. The lowest BCUT2D eigenvalue weighted by Gasteiger charge is -2.17. The highest BCUT2D eigenvalue weighted by Gasteiger charge is 2.17. The predicted molar refractivity (Wildman–Crippen MR) is 102 cm³/mol. The molecule has 1 unspecified atom stereocenters. The van der Waals surface area contributed by atoms with Crippen LogP contribution in [-0.4, -0.2) is 20.5 Å². The topological polar surface area (TPSA) is 59.3 Å². The molecule has 0 saturated heterocycles. The van der Waals surface area contributed by atoms with E-state index in [1.54, 1.807) is 10.7 Å². The first-order valence-electron chi connectivity index (χ1n) is 8.65. The third-order valence-electron chi connectivity index (χ3n) is 4.73. The second-order valence-electron chi connectivity index (χ2n) is 6.58. The van der Waals surface area contributed by atoms with Crippen LogP contribution in [-0.2, 0) is 0 Å². The molecule has 5 heteroatoms. The molecule has 0 aliphatic rings. The fourth-order valence-electron chi connectivity index (χ4n) is 3.37. The standard InChI is InChI=1S/C21H20N4O/c1-13-11-20-22-12-19(15(3)25(20)24-13)21(26)23-14(2)17-10-6-8-16-7-4-5-9-18(16)17/h4-12,14H,1-3H3,(H,23,26). The molecule has 26 heavy (non-hydrogen) atoms. The molecule has 130 valence electrons. The van der Waals surface area contributed by atoms with Gasteiger partial charge in [0.2, 0.25) is 0 Å². The maximum Gasteiger partial charge on any atom is 0.255 e. The Labute approximate surface area is 151 Å². The number of rotatable bonds is 3. The highest BCUT2D eigenvalue weighted by atomic mass is 16.1. The summed E-state index contributed by atoms with van der Waals surface area (Å²) in [4.78, 5) is 17.2. The number of nitrogens with one attached hydrogen (secondary N) is 1. The van der Waals surface area contributed by atoms with Crippen molar-refractivity contribution in [2.24, 2.45) is 0 Å². The summed E-state index contributed by atoms with van der Waals surface area (Å²) >= 11 is 0. The van der Waals surface area contributed by atoms with E-state index in [2.05, 4.69) is 39.7 Å². The largest absolute Gasteiger partial charge is 0.345 e. The Morgan fingerprint density at radius 3 is 2.73 bits per heavy atom. The second-order valence-corrected chi connectivity index (χ2v) is 6.58. The molecule has 0 spiro atoms. The highest BCUT2D eigenvalue weighted by Crippen LogP contribution is 2.24. The lowest BCUT2D eigenvalue weighted by Crippen LogP contribution is -2.28. The van der Waals surface area contributed by atoms with Gasteiger partial charge in [0, 0.05) is 12.3 Å². The Kier molecular flexibility index (Phi) is 3.92. The number of carbonyl (C=O) groups excluding carboxylic acids is 1. The number of aromatic nitrogens is 3. The number of benzene rings is 2. The summed E-state index contributed by atoms with van der Waals surface area (Å²) in [6.07, 6.45) is 1.62. The van der Waals surface area contributed by atoms with Crippen LogP contribution in [0.5, 0.6) is 0 Å². The normalized spacial score (nSPS) is 12.4. The van der Waals surface area contributed by atoms with Crippen molar-refractivity contribution >= 4 is 22.3 Å². The van der Waals surface area contributed by atoms with E-state index >= 15 is 0 Å². The van der Waals surface area contributed by atoms with Crippen molar-refractivity contribution in [1.29, 1.82) is 0 Å². The Morgan fingerprint density at radius 1 is 1.12 bits per heavy atom. The van der Waals surface area contributed by atoms with E-state index in [0.717, 1.165) is 33.4 Å². The van der Waals surface area contributed by atoms with Crippen LogP contribution in [0.3, 0.4) is 0 Å². The molecule has 2 aromatic heterocycles. The van der Waals surface area contributed by atoms with Gasteiger partial charge in [0.15, 0.2) is 5.65 Å². The zero-order valence-corrected chi connectivity index (χ0v) is 15.0. The molecular weight excluding hydrogens is 324 g/mol. The summed E-state index contributed by atoms with van der Waals surface area (Å²) in [6, 6.07) is 16.1. The van der Waals surface area contributed by atoms with Gasteiger partial charge in [-0.1, -0.05) is 42.5 Å². The molecule has 5 nitrogen and oxygen atoms in total. The molecule has 0 aliphatic carbocycles. The molecule has 0 fully saturated rings. The zero-order valence-electron chi connectivity index (χ0n) is 15.0. The number of hydrogen-bond donors (Lipinski definition) is 1. The molecule has 0 saturated carbocycles. The minimum Gasteiger partial charge on any atom is -0.345 e. The van der Waals surface area contributed by atoms with Gasteiger partial charge in [-0.3, -0.25) is 4.79 Å². The van der Waals surface area contributed by atoms with Crippen LogP contribution < -0.4 is 5.32 Å². The van der Waals surface area contributed by atoms with Crippen LogP contribution in [0.15, 0.2) is 54.7 Å². The third kappa shape index (κ3) is 2.71. The number of nitrogens with zero attached hydrogens (tertiary/aromatic N) is 3. The van der Waals surface area contributed by atoms with Crippen LogP contribution in [0.25, 0.3) is 16.4 Å². The maximum absolute atomic E-state index is 12.8. The quantitative estimate of drug-likeness (QED) is 0.611. The van der Waals surface area contributed by atoms with Crippen molar-refractivity contribution in [3.05, 3.63) is 77.2 Å². The van der Waals surface area contributed by atoms with Gasteiger partial charge in [-0.05, 0) is 37.1 Å². The maximum atomic E-state index is 12.8. The van der Waals surface area contributed by atoms with E-state index in [1.807, 2.05) is 45.0 Å². The fraction of sp³-hybridized carbons (Fsp3) is 0.190. The molecule has 0 radical (unpaired) electrons. The van der Waals surface area contributed by atoms with Gasteiger partial charge in [0.1, 0.15) is 0 Å². The smallest absolute Gasteiger partial charge is 0.255 e. The van der Waals surface area contributed by atoms with Gasteiger partial charge in [0.05, 0.1) is 23.0 Å². The SMILES string of the molecule is Cc1cc2ncc(C(=O)NC(C)c3cccc4ccccc34)c(C)n2n1. The van der Waals surface area contributed by atoms with Gasteiger partial charge in [-0.2, -0.15) is 5.10 Å². The minimum absolute atomic E-state index is 0.122. The first-order valence-corrected chi connectivity index (χ1v) is 8.65. The van der Waals surface area contributed by atoms with Crippen molar-refractivity contribution in [1.82, 2.24) is 19.9 Å². The van der Waals surface area contributed by atoms with Crippen LogP contribution >= 0.6 is 0 Å². The lowest BCUT2D eigenvalue weighted by atomic mass is 9.99. The molecule has 2 aromatic carbocycles. The first kappa shape index (κ1) is 16.3. The van der Waals surface area contributed by atoms with Crippen molar-refractivity contribution in [3.8, 4) is 0 Å². The van der Waals surface area contributed by atoms with Crippen LogP contribution in [0.2, 0.25) is 0 Å². The molecule has 4 rings (SSSR count). The summed E-state index contributed by atoms with van der Waals surface area (Å²) in [6.45, 7) is 5.80. The zero-order chi connectivity index (χ0) is 18.3. The van der Waals surface area contributed by atoms with E-state index in [0.29, 0.717) is 5.56 Å². The summed E-state index contributed by atoms with van der Waals surface area (Å²) < 4.78 is 1.72. The van der Waals surface area contributed by atoms with E-state index in [-0.39, 0.29) is 11.9 Å². The van der Waals surface area contributed by atoms with E-state index in [9.17, 15) is 4.79 Å². The first-order chi connectivity index (χ1) is 12.5. The summed E-state index contributed by atoms with van der Waals surface area (Å²) in [5, 5.41) is 9.82. The van der Waals surface area contributed by atoms with Crippen LogP contribution in [0, 0.1) is 13.8 Å². The number of hydrogen-bond acceptors (Lipinski definition) is 3. The number of carbonyl (C=O) groups is 1. The van der Waals surface area contributed by atoms with Gasteiger partial charge < -0.3 is 5.32 Å². The van der Waals surface area contributed by atoms with E-state index < -0.39 is 0 Å². The average molecular weight is 344 g/mol. The minimum atomic E-state index is -0.148. The lowest BCUT2D eigenvalue weighted by molar-refractivity contribution is 0.0938. The van der Waals surface area contributed by atoms with Crippen molar-refractivity contribution in [2.75, 3.05) is 0 Å². The van der Waals surface area contributed by atoms with Crippen molar-refractivity contribution in [3.63, 3.8) is 0 Å². The average Bonchev–Trinajstić information content (AvgIpc) is 3.02. The predicted octanol–water partition coefficient (Wildman–Crippen LogP) is 3.99. The van der Waals surface area contributed by atoms with E-state index in [4.69, 9.17) is 0 Å². The molecule has 1 atom stereocenters. The van der Waals surface area contributed by atoms with Crippen LogP contribution in [0.4, 0.5) is 0 Å². The Hall–Kier alpha value is -3.21. The molecule has 0 aliphatic heterocycles. The number of fused-ring (bicyclic) bond motifs is 2. The molecule has 1 N–H and O–H groups in total. The monoisotopic (exact) mass is 344 g/mol. The fourth-order valence-corrected chi connectivity index (χ4v) is 3.37. The van der Waals surface area contributed by atoms with Crippen molar-refractivity contribution in [2.45, 2.75) is 26.8 Å². The third-order valence-corrected chi connectivity index (χ3v) is 4.73. The van der Waals surface area contributed by atoms with Crippen molar-refractivity contribution < 1.29 is 4.79 Å². The second kappa shape index (κ2) is 6.26.